The maximum atomic E-state index is 5.38. The molecule has 1 aliphatic carbocycles. The molecule has 2 unspecified atom stereocenters. The molecule has 2 nitrogen and oxygen atoms in total. The largest absolute Gasteiger partial charge is 0.381 e. The van der Waals surface area contributed by atoms with Gasteiger partial charge in [0.15, 0.2) is 0 Å². The van der Waals surface area contributed by atoms with Crippen LogP contribution >= 0.6 is 0 Å². The molecule has 0 amide bonds. The van der Waals surface area contributed by atoms with Crippen molar-refractivity contribution in [3.8, 4) is 0 Å². The van der Waals surface area contributed by atoms with E-state index in [1.54, 1.807) is 0 Å². The van der Waals surface area contributed by atoms with Gasteiger partial charge in [-0.1, -0.05) is 6.92 Å². The zero-order valence-corrected chi connectivity index (χ0v) is 8.38. The second-order valence-corrected chi connectivity index (χ2v) is 3.87. The predicted octanol–water partition coefficient (Wildman–Crippen LogP) is 2.23. The van der Waals surface area contributed by atoms with E-state index in [1.807, 2.05) is 14.2 Å². The van der Waals surface area contributed by atoms with Gasteiger partial charge in [-0.3, -0.25) is 0 Å². The summed E-state index contributed by atoms with van der Waals surface area (Å²) in [6.45, 7) is 2.28. The molecule has 1 fully saturated rings. The minimum absolute atomic E-state index is 0.458. The molecule has 0 aromatic carbocycles. The van der Waals surface area contributed by atoms with Gasteiger partial charge in [0, 0.05) is 14.2 Å². The second-order valence-electron chi connectivity index (χ2n) is 3.87. The molecule has 0 radical (unpaired) electrons. The standard InChI is InChI=1S/C10H20O2/c1-8-6-9(11-2)4-5-10(7-8)12-3/h8-10H,4-7H2,1-3H3. The third-order valence-corrected chi connectivity index (χ3v) is 2.81. The summed E-state index contributed by atoms with van der Waals surface area (Å²) in [6, 6.07) is 0. The zero-order chi connectivity index (χ0) is 8.97. The van der Waals surface area contributed by atoms with Crippen LogP contribution in [0.4, 0.5) is 0 Å². The van der Waals surface area contributed by atoms with E-state index in [-0.39, 0.29) is 0 Å². The number of rotatable bonds is 2. The Labute approximate surface area is 75.2 Å². The molecule has 0 aromatic rings. The highest BCUT2D eigenvalue weighted by Crippen LogP contribution is 2.26. The lowest BCUT2D eigenvalue weighted by Crippen LogP contribution is -2.11. The maximum absolute atomic E-state index is 5.38. The monoisotopic (exact) mass is 172 g/mol. The lowest BCUT2D eigenvalue weighted by atomic mass is 10.0. The average Bonchev–Trinajstić information content (AvgIpc) is 2.26. The topological polar surface area (TPSA) is 18.5 Å². The summed E-state index contributed by atoms with van der Waals surface area (Å²) in [5, 5.41) is 0. The Kier molecular flexibility index (Phi) is 4.02. The molecule has 1 saturated carbocycles. The highest BCUT2D eigenvalue weighted by molar-refractivity contribution is 4.74. The van der Waals surface area contributed by atoms with Crippen molar-refractivity contribution in [2.45, 2.75) is 44.8 Å². The van der Waals surface area contributed by atoms with E-state index < -0.39 is 0 Å². The molecule has 0 heterocycles. The summed E-state index contributed by atoms with van der Waals surface area (Å²) in [5.41, 5.74) is 0. The fourth-order valence-electron chi connectivity index (χ4n) is 2.03. The highest BCUT2D eigenvalue weighted by atomic mass is 16.5. The van der Waals surface area contributed by atoms with Gasteiger partial charge in [-0.05, 0) is 31.6 Å². The summed E-state index contributed by atoms with van der Waals surface area (Å²) in [7, 11) is 3.62. The van der Waals surface area contributed by atoms with Gasteiger partial charge >= 0.3 is 0 Å². The Hall–Kier alpha value is -0.0800. The van der Waals surface area contributed by atoms with Gasteiger partial charge in [0.1, 0.15) is 0 Å². The van der Waals surface area contributed by atoms with Crippen LogP contribution in [0.1, 0.15) is 32.6 Å². The summed E-state index contributed by atoms with van der Waals surface area (Å²) in [4.78, 5) is 0. The summed E-state index contributed by atoms with van der Waals surface area (Å²) >= 11 is 0. The van der Waals surface area contributed by atoms with E-state index in [9.17, 15) is 0 Å². The number of ether oxygens (including phenoxy) is 2. The van der Waals surface area contributed by atoms with Gasteiger partial charge < -0.3 is 9.47 Å². The van der Waals surface area contributed by atoms with Gasteiger partial charge in [0.05, 0.1) is 12.2 Å². The first-order chi connectivity index (χ1) is 5.76. The fourth-order valence-corrected chi connectivity index (χ4v) is 2.03. The van der Waals surface area contributed by atoms with E-state index in [1.165, 1.54) is 12.8 Å². The van der Waals surface area contributed by atoms with Crippen molar-refractivity contribution < 1.29 is 9.47 Å². The molecule has 2 heteroatoms. The van der Waals surface area contributed by atoms with Gasteiger partial charge in [-0.2, -0.15) is 0 Å². The van der Waals surface area contributed by atoms with Crippen LogP contribution in [0.5, 0.6) is 0 Å². The van der Waals surface area contributed by atoms with Crippen LogP contribution < -0.4 is 0 Å². The van der Waals surface area contributed by atoms with Crippen molar-refractivity contribution in [3.63, 3.8) is 0 Å². The molecule has 1 aliphatic rings. The quantitative estimate of drug-likeness (QED) is 0.595. The summed E-state index contributed by atoms with van der Waals surface area (Å²) in [6.07, 6.45) is 5.60. The first kappa shape index (κ1) is 10.0. The van der Waals surface area contributed by atoms with Crippen molar-refractivity contribution in [2.75, 3.05) is 14.2 Å². The van der Waals surface area contributed by atoms with E-state index in [0.717, 1.165) is 18.8 Å². The molecule has 2 atom stereocenters. The van der Waals surface area contributed by atoms with Crippen LogP contribution in [0.25, 0.3) is 0 Å². The third-order valence-electron chi connectivity index (χ3n) is 2.81. The van der Waals surface area contributed by atoms with Gasteiger partial charge in [-0.25, -0.2) is 0 Å². The lowest BCUT2D eigenvalue weighted by Gasteiger charge is -2.15. The van der Waals surface area contributed by atoms with E-state index in [2.05, 4.69) is 6.92 Å². The molecule has 0 aromatic heterocycles. The fraction of sp³-hybridized carbons (Fsp3) is 1.00. The van der Waals surface area contributed by atoms with Crippen LogP contribution in [0.2, 0.25) is 0 Å². The van der Waals surface area contributed by atoms with E-state index in [4.69, 9.17) is 9.47 Å². The number of hydrogen-bond acceptors (Lipinski definition) is 2. The highest BCUT2D eigenvalue weighted by Gasteiger charge is 2.22. The Morgan fingerprint density at radius 3 is 1.67 bits per heavy atom. The Balaban J connectivity index is 2.41. The van der Waals surface area contributed by atoms with Crippen molar-refractivity contribution >= 4 is 0 Å². The van der Waals surface area contributed by atoms with Crippen LogP contribution in [-0.4, -0.2) is 26.4 Å². The van der Waals surface area contributed by atoms with Crippen molar-refractivity contribution in [2.24, 2.45) is 5.92 Å². The molecular weight excluding hydrogens is 152 g/mol. The van der Waals surface area contributed by atoms with Gasteiger partial charge in [-0.15, -0.1) is 0 Å². The molecule has 12 heavy (non-hydrogen) atoms. The summed E-state index contributed by atoms with van der Waals surface area (Å²) < 4.78 is 10.8. The number of methoxy groups -OCH3 is 2. The van der Waals surface area contributed by atoms with Gasteiger partial charge in [0.25, 0.3) is 0 Å². The smallest absolute Gasteiger partial charge is 0.0574 e. The molecule has 72 valence electrons. The lowest BCUT2D eigenvalue weighted by molar-refractivity contribution is 0.0696. The van der Waals surface area contributed by atoms with E-state index >= 15 is 0 Å². The SMILES string of the molecule is COC1CCC(OC)CC(C)C1. The molecular formula is C10H20O2. The normalized spacial score (nSPS) is 37.8. The minimum atomic E-state index is 0.458. The first-order valence-corrected chi connectivity index (χ1v) is 4.81. The van der Waals surface area contributed by atoms with Crippen LogP contribution in [0.15, 0.2) is 0 Å². The van der Waals surface area contributed by atoms with Gasteiger partial charge in [0.2, 0.25) is 0 Å². The summed E-state index contributed by atoms with van der Waals surface area (Å²) in [5.74, 6) is 0.738. The molecule has 0 bridgehead atoms. The molecule has 0 N–H and O–H groups in total. The minimum Gasteiger partial charge on any atom is -0.381 e. The molecule has 0 spiro atoms. The van der Waals surface area contributed by atoms with Crippen molar-refractivity contribution in [3.05, 3.63) is 0 Å². The third kappa shape index (κ3) is 2.76. The first-order valence-electron chi connectivity index (χ1n) is 4.81. The van der Waals surface area contributed by atoms with E-state index in [0.29, 0.717) is 12.2 Å². The zero-order valence-electron chi connectivity index (χ0n) is 8.38. The Morgan fingerprint density at radius 2 is 1.33 bits per heavy atom. The maximum Gasteiger partial charge on any atom is 0.0574 e. The van der Waals surface area contributed by atoms with Crippen LogP contribution in [-0.2, 0) is 9.47 Å². The average molecular weight is 172 g/mol. The van der Waals surface area contributed by atoms with Crippen molar-refractivity contribution in [1.82, 2.24) is 0 Å². The predicted molar refractivity (Wildman–Crippen MR) is 49.2 cm³/mol. The Bertz CT molecular complexity index is 111. The van der Waals surface area contributed by atoms with Crippen molar-refractivity contribution in [1.29, 1.82) is 0 Å². The Morgan fingerprint density at radius 1 is 0.917 bits per heavy atom. The molecule has 0 aliphatic heterocycles. The second kappa shape index (κ2) is 4.83. The molecule has 1 rings (SSSR count). The number of hydrogen-bond donors (Lipinski definition) is 0. The van der Waals surface area contributed by atoms with Crippen LogP contribution in [0, 0.1) is 5.92 Å². The van der Waals surface area contributed by atoms with Crippen LogP contribution in [0.3, 0.4) is 0 Å². The molecule has 0 saturated heterocycles.